The highest BCUT2D eigenvalue weighted by Crippen LogP contribution is 2.30. The van der Waals surface area contributed by atoms with Crippen LogP contribution < -0.4 is 10.1 Å². The van der Waals surface area contributed by atoms with Crippen LogP contribution in [0.25, 0.3) is 0 Å². The number of nitrogens with one attached hydrogen (secondary N) is 1. The number of rotatable bonds is 6. The summed E-state index contributed by atoms with van der Waals surface area (Å²) in [6, 6.07) is 0. The lowest BCUT2D eigenvalue weighted by molar-refractivity contribution is 0.122. The van der Waals surface area contributed by atoms with Gasteiger partial charge in [0.15, 0.2) is 0 Å². The highest BCUT2D eigenvalue weighted by molar-refractivity contribution is 5.48. The molecule has 1 aliphatic rings. The maximum Gasteiger partial charge on any atom is 0.222 e. The Balaban J connectivity index is 2.14. The van der Waals surface area contributed by atoms with Crippen molar-refractivity contribution in [1.82, 2.24) is 9.97 Å². The maximum atomic E-state index is 6.21. The van der Waals surface area contributed by atoms with Gasteiger partial charge in [0.25, 0.3) is 0 Å². The van der Waals surface area contributed by atoms with Crippen LogP contribution in [0.2, 0.25) is 0 Å². The van der Waals surface area contributed by atoms with Gasteiger partial charge in [-0.25, -0.2) is 9.97 Å². The highest BCUT2D eigenvalue weighted by Gasteiger charge is 2.22. The fraction of sp³-hybridized carbons (Fsp3) is 0.750. The zero-order chi connectivity index (χ0) is 14.4. The SMILES string of the molecule is CCCc1c(NCC)ncnc1OC1CCCC(C)C1. The van der Waals surface area contributed by atoms with E-state index in [1.165, 1.54) is 12.8 Å². The van der Waals surface area contributed by atoms with Gasteiger partial charge in [-0.15, -0.1) is 0 Å². The van der Waals surface area contributed by atoms with Crippen molar-refractivity contribution in [1.29, 1.82) is 0 Å². The van der Waals surface area contributed by atoms with E-state index in [9.17, 15) is 0 Å². The molecule has 4 nitrogen and oxygen atoms in total. The van der Waals surface area contributed by atoms with Crippen LogP contribution >= 0.6 is 0 Å². The molecule has 20 heavy (non-hydrogen) atoms. The third kappa shape index (κ3) is 3.84. The van der Waals surface area contributed by atoms with E-state index >= 15 is 0 Å². The summed E-state index contributed by atoms with van der Waals surface area (Å²) in [5.41, 5.74) is 1.13. The molecule has 0 aliphatic heterocycles. The number of aromatic nitrogens is 2. The lowest BCUT2D eigenvalue weighted by Gasteiger charge is -2.27. The molecule has 1 aliphatic carbocycles. The summed E-state index contributed by atoms with van der Waals surface area (Å²) in [5, 5.41) is 3.32. The monoisotopic (exact) mass is 277 g/mol. The Hall–Kier alpha value is -1.32. The summed E-state index contributed by atoms with van der Waals surface area (Å²) in [6.07, 6.45) is 8.85. The number of ether oxygens (including phenoxy) is 1. The van der Waals surface area contributed by atoms with Crippen molar-refractivity contribution < 1.29 is 4.74 Å². The second-order valence-corrected chi connectivity index (χ2v) is 5.80. The minimum atomic E-state index is 0.318. The van der Waals surface area contributed by atoms with Crippen molar-refractivity contribution in [3.63, 3.8) is 0 Å². The fourth-order valence-electron chi connectivity index (χ4n) is 2.94. The summed E-state index contributed by atoms with van der Waals surface area (Å²) in [4.78, 5) is 8.74. The zero-order valence-corrected chi connectivity index (χ0v) is 13.0. The van der Waals surface area contributed by atoms with E-state index in [2.05, 4.69) is 36.1 Å². The number of nitrogens with zero attached hydrogens (tertiary/aromatic N) is 2. The second kappa shape index (κ2) is 7.46. The smallest absolute Gasteiger partial charge is 0.222 e. The molecule has 1 aromatic heterocycles. The molecule has 0 spiro atoms. The lowest BCUT2D eigenvalue weighted by atomic mass is 9.89. The maximum absolute atomic E-state index is 6.21. The summed E-state index contributed by atoms with van der Waals surface area (Å²) >= 11 is 0. The van der Waals surface area contributed by atoms with E-state index in [1.54, 1.807) is 6.33 Å². The van der Waals surface area contributed by atoms with E-state index in [1.807, 2.05) is 0 Å². The van der Waals surface area contributed by atoms with Crippen molar-refractivity contribution in [2.24, 2.45) is 5.92 Å². The molecule has 0 radical (unpaired) electrons. The Bertz CT molecular complexity index is 422. The quantitative estimate of drug-likeness (QED) is 0.858. The molecule has 0 bridgehead atoms. The predicted molar refractivity (Wildman–Crippen MR) is 82.2 cm³/mol. The number of hydrogen-bond donors (Lipinski definition) is 1. The molecule has 1 heterocycles. The van der Waals surface area contributed by atoms with Crippen LogP contribution in [-0.4, -0.2) is 22.6 Å². The van der Waals surface area contributed by atoms with Crippen LogP contribution in [0.3, 0.4) is 0 Å². The van der Waals surface area contributed by atoms with Gasteiger partial charge in [-0.2, -0.15) is 0 Å². The molecule has 1 fully saturated rings. The first-order chi connectivity index (χ1) is 9.74. The van der Waals surface area contributed by atoms with Gasteiger partial charge in [0.05, 0.1) is 5.56 Å². The molecule has 0 aromatic carbocycles. The molecule has 1 N–H and O–H groups in total. The molecular weight excluding hydrogens is 250 g/mol. The standard InChI is InChI=1S/C16H27N3O/c1-4-7-14-15(17-5-2)18-11-19-16(14)20-13-9-6-8-12(3)10-13/h11-13H,4-10H2,1-3H3,(H,17,18,19). The molecule has 1 aromatic rings. The van der Waals surface area contributed by atoms with E-state index in [0.717, 1.165) is 55.4 Å². The molecule has 2 unspecified atom stereocenters. The molecule has 1 saturated carbocycles. The van der Waals surface area contributed by atoms with Crippen molar-refractivity contribution >= 4 is 5.82 Å². The average molecular weight is 277 g/mol. The van der Waals surface area contributed by atoms with Crippen LogP contribution in [0.1, 0.15) is 58.4 Å². The average Bonchev–Trinajstić information content (AvgIpc) is 2.43. The summed E-state index contributed by atoms with van der Waals surface area (Å²) in [7, 11) is 0. The largest absolute Gasteiger partial charge is 0.474 e. The Morgan fingerprint density at radius 1 is 1.30 bits per heavy atom. The van der Waals surface area contributed by atoms with Crippen molar-refractivity contribution in [3.8, 4) is 5.88 Å². The first-order valence-electron chi connectivity index (χ1n) is 7.99. The van der Waals surface area contributed by atoms with Crippen LogP contribution in [0.15, 0.2) is 6.33 Å². The van der Waals surface area contributed by atoms with Crippen molar-refractivity contribution in [3.05, 3.63) is 11.9 Å². The van der Waals surface area contributed by atoms with E-state index in [0.29, 0.717) is 6.10 Å². The molecule has 0 amide bonds. The minimum absolute atomic E-state index is 0.318. The first-order valence-corrected chi connectivity index (χ1v) is 7.99. The topological polar surface area (TPSA) is 47.0 Å². The van der Waals surface area contributed by atoms with Crippen molar-refractivity contribution in [2.45, 2.75) is 65.4 Å². The van der Waals surface area contributed by atoms with Gasteiger partial charge in [-0.1, -0.05) is 26.7 Å². The van der Waals surface area contributed by atoms with Gasteiger partial charge in [0.1, 0.15) is 18.2 Å². The van der Waals surface area contributed by atoms with Crippen LogP contribution in [0.5, 0.6) is 5.88 Å². The highest BCUT2D eigenvalue weighted by atomic mass is 16.5. The van der Waals surface area contributed by atoms with Gasteiger partial charge >= 0.3 is 0 Å². The molecule has 2 rings (SSSR count). The second-order valence-electron chi connectivity index (χ2n) is 5.80. The summed E-state index contributed by atoms with van der Waals surface area (Å²) < 4.78 is 6.21. The van der Waals surface area contributed by atoms with E-state index in [4.69, 9.17) is 4.74 Å². The Kier molecular flexibility index (Phi) is 5.62. The third-order valence-corrected chi connectivity index (χ3v) is 3.92. The first kappa shape index (κ1) is 15.1. The van der Waals surface area contributed by atoms with E-state index in [-0.39, 0.29) is 0 Å². The third-order valence-electron chi connectivity index (χ3n) is 3.92. The van der Waals surface area contributed by atoms with Gasteiger partial charge in [-0.3, -0.25) is 0 Å². The molecule has 0 saturated heterocycles. The van der Waals surface area contributed by atoms with Crippen LogP contribution in [0, 0.1) is 5.92 Å². The normalized spacial score (nSPS) is 22.6. The molecular formula is C16H27N3O. The van der Waals surface area contributed by atoms with Gasteiger partial charge in [0, 0.05) is 6.54 Å². The molecule has 112 valence electrons. The van der Waals surface area contributed by atoms with E-state index < -0.39 is 0 Å². The summed E-state index contributed by atoms with van der Waals surface area (Å²) in [5.74, 6) is 2.48. The van der Waals surface area contributed by atoms with Gasteiger partial charge in [0.2, 0.25) is 5.88 Å². The zero-order valence-electron chi connectivity index (χ0n) is 13.0. The number of anilines is 1. The number of hydrogen-bond acceptors (Lipinski definition) is 4. The van der Waals surface area contributed by atoms with Gasteiger partial charge < -0.3 is 10.1 Å². The lowest BCUT2D eigenvalue weighted by Crippen LogP contribution is -2.25. The Morgan fingerprint density at radius 2 is 2.15 bits per heavy atom. The molecule has 2 atom stereocenters. The Morgan fingerprint density at radius 3 is 2.85 bits per heavy atom. The van der Waals surface area contributed by atoms with Gasteiger partial charge in [-0.05, 0) is 38.5 Å². The predicted octanol–water partition coefficient (Wildman–Crippen LogP) is 3.82. The fourth-order valence-corrected chi connectivity index (χ4v) is 2.94. The van der Waals surface area contributed by atoms with Crippen LogP contribution in [0.4, 0.5) is 5.82 Å². The molecule has 4 heteroatoms. The Labute approximate surface area is 122 Å². The van der Waals surface area contributed by atoms with Crippen molar-refractivity contribution in [2.75, 3.05) is 11.9 Å². The van der Waals surface area contributed by atoms with Crippen LogP contribution in [-0.2, 0) is 6.42 Å². The minimum Gasteiger partial charge on any atom is -0.474 e. The summed E-state index contributed by atoms with van der Waals surface area (Å²) in [6.45, 7) is 7.44.